The van der Waals surface area contributed by atoms with Crippen molar-refractivity contribution in [1.29, 1.82) is 0 Å². The molecule has 2 rings (SSSR count). The molecule has 1 heterocycles. The molecule has 1 aromatic heterocycles. The van der Waals surface area contributed by atoms with Gasteiger partial charge in [-0.1, -0.05) is 38.5 Å². The van der Waals surface area contributed by atoms with E-state index in [1.807, 2.05) is 30.3 Å². The van der Waals surface area contributed by atoms with Gasteiger partial charge in [0.25, 0.3) is 0 Å². The van der Waals surface area contributed by atoms with E-state index in [1.54, 1.807) is 0 Å². The highest BCUT2D eigenvalue weighted by molar-refractivity contribution is 6.74. The number of aromatic nitrogens is 1. The zero-order valence-corrected chi connectivity index (χ0v) is 15.6. The lowest BCUT2D eigenvalue weighted by molar-refractivity contribution is 0.292. The van der Waals surface area contributed by atoms with Gasteiger partial charge in [-0.15, -0.1) is 0 Å². The number of hydrogen-bond acceptors (Lipinski definition) is 3. The number of benzene rings is 1. The molecule has 22 heavy (non-hydrogen) atoms. The highest BCUT2D eigenvalue weighted by Crippen LogP contribution is 2.36. The maximum atomic E-state index is 6.21. The van der Waals surface area contributed by atoms with Crippen LogP contribution in [0.3, 0.4) is 0 Å². The summed E-state index contributed by atoms with van der Waals surface area (Å²) in [7, 11) is -1.66. The normalized spacial score (nSPS) is 13.8. The van der Waals surface area contributed by atoms with Gasteiger partial charge in [0.15, 0.2) is 13.9 Å². The van der Waals surface area contributed by atoms with Crippen molar-refractivity contribution in [3.05, 3.63) is 35.7 Å². The second kappa shape index (κ2) is 6.38. The second-order valence-electron chi connectivity index (χ2n) is 7.37. The summed E-state index contributed by atoms with van der Waals surface area (Å²) < 4.78 is 11.9. The van der Waals surface area contributed by atoms with Crippen LogP contribution in [0.15, 0.2) is 34.3 Å². The van der Waals surface area contributed by atoms with Crippen LogP contribution in [0.1, 0.15) is 40.0 Å². The van der Waals surface area contributed by atoms with E-state index in [1.165, 1.54) is 5.57 Å². The molecule has 0 unspecified atom stereocenters. The van der Waals surface area contributed by atoms with Gasteiger partial charge in [-0.05, 0) is 49.7 Å². The molecular formula is C18H27NO2Si. The van der Waals surface area contributed by atoms with Crippen molar-refractivity contribution in [2.24, 2.45) is 0 Å². The largest absolute Gasteiger partial charge is 0.437 e. The molecular weight excluding hydrogens is 290 g/mol. The van der Waals surface area contributed by atoms with E-state index in [4.69, 9.17) is 8.84 Å². The topological polar surface area (TPSA) is 35.3 Å². The summed E-state index contributed by atoms with van der Waals surface area (Å²) in [5, 5.41) is 0.255. The molecule has 2 aromatic rings. The molecule has 0 fully saturated rings. The minimum absolute atomic E-state index is 0.255. The Morgan fingerprint density at radius 3 is 2.59 bits per heavy atom. The van der Waals surface area contributed by atoms with Crippen LogP contribution in [0.2, 0.25) is 18.1 Å². The van der Waals surface area contributed by atoms with Gasteiger partial charge in [-0.3, -0.25) is 0 Å². The summed E-state index contributed by atoms with van der Waals surface area (Å²) >= 11 is 0. The van der Waals surface area contributed by atoms with Gasteiger partial charge in [0.2, 0.25) is 5.89 Å². The summed E-state index contributed by atoms with van der Waals surface area (Å²) in [5.74, 6) is 0.672. The van der Waals surface area contributed by atoms with Crippen molar-refractivity contribution < 1.29 is 8.84 Å². The van der Waals surface area contributed by atoms with Crippen LogP contribution >= 0.6 is 0 Å². The monoisotopic (exact) mass is 317 g/mol. The highest BCUT2D eigenvalue weighted by atomic mass is 28.4. The van der Waals surface area contributed by atoms with Crippen molar-refractivity contribution in [3.8, 4) is 0 Å². The van der Waals surface area contributed by atoms with Gasteiger partial charge < -0.3 is 8.84 Å². The summed E-state index contributed by atoms with van der Waals surface area (Å²) in [6.45, 7) is 14.2. The van der Waals surface area contributed by atoms with Gasteiger partial charge in [-0.25, -0.2) is 4.98 Å². The summed E-state index contributed by atoms with van der Waals surface area (Å²) in [5.41, 5.74) is 2.96. The van der Waals surface area contributed by atoms with Crippen molar-refractivity contribution in [2.45, 2.75) is 52.2 Å². The molecule has 0 saturated carbocycles. The second-order valence-corrected chi connectivity index (χ2v) is 12.2. The minimum Gasteiger partial charge on any atom is -0.437 e. The van der Waals surface area contributed by atoms with E-state index in [0.717, 1.165) is 24.1 Å². The molecule has 0 spiro atoms. The van der Waals surface area contributed by atoms with Crippen LogP contribution in [0.5, 0.6) is 0 Å². The molecule has 0 amide bonds. The Labute approximate surface area is 134 Å². The molecule has 0 radical (unpaired) electrons. The van der Waals surface area contributed by atoms with Crippen molar-refractivity contribution >= 4 is 25.5 Å². The molecule has 4 heteroatoms. The van der Waals surface area contributed by atoms with E-state index >= 15 is 0 Å². The third-order valence-corrected chi connectivity index (χ3v) is 8.98. The Balaban J connectivity index is 1.96. The molecule has 0 N–H and O–H groups in total. The first-order valence-electron chi connectivity index (χ1n) is 7.86. The Morgan fingerprint density at radius 1 is 1.27 bits per heavy atom. The van der Waals surface area contributed by atoms with Crippen molar-refractivity contribution in [1.82, 2.24) is 4.98 Å². The first-order chi connectivity index (χ1) is 10.2. The van der Waals surface area contributed by atoms with E-state index in [0.29, 0.717) is 5.89 Å². The molecule has 3 nitrogen and oxygen atoms in total. The van der Waals surface area contributed by atoms with Gasteiger partial charge in [0, 0.05) is 6.61 Å². The first kappa shape index (κ1) is 17.0. The average molecular weight is 318 g/mol. The summed E-state index contributed by atoms with van der Waals surface area (Å²) in [4.78, 5) is 4.47. The van der Waals surface area contributed by atoms with Gasteiger partial charge in [0.1, 0.15) is 5.52 Å². The molecule has 0 saturated heterocycles. The fourth-order valence-corrected chi connectivity index (χ4v) is 2.96. The Bertz CT molecular complexity index is 632. The quantitative estimate of drug-likeness (QED) is 0.669. The fourth-order valence-electron chi connectivity index (χ4n) is 1.92. The van der Waals surface area contributed by atoms with Crippen LogP contribution in [-0.2, 0) is 4.43 Å². The number of fused-ring (bicyclic) bond motifs is 1. The molecule has 0 aliphatic rings. The maximum Gasteiger partial charge on any atom is 0.219 e. The van der Waals surface area contributed by atoms with Crippen LogP contribution in [0.4, 0.5) is 0 Å². The minimum atomic E-state index is -1.66. The molecule has 1 aromatic carbocycles. The Hall–Kier alpha value is -1.39. The van der Waals surface area contributed by atoms with E-state index in [9.17, 15) is 0 Å². The summed E-state index contributed by atoms with van der Waals surface area (Å²) in [6, 6.07) is 7.83. The molecule has 0 aliphatic heterocycles. The average Bonchev–Trinajstić information content (AvgIpc) is 2.78. The Kier molecular flexibility index (Phi) is 4.92. The number of para-hydroxylation sites is 2. The van der Waals surface area contributed by atoms with Crippen LogP contribution < -0.4 is 0 Å². The SMILES string of the molecule is C/C(=C\c1nc2ccccc2o1)CCO[Si](C)(C)C(C)(C)C. The number of oxazole rings is 1. The predicted octanol–water partition coefficient (Wildman–Crippen LogP) is 5.64. The lowest BCUT2D eigenvalue weighted by Crippen LogP contribution is -2.40. The van der Waals surface area contributed by atoms with Crippen LogP contribution in [0.25, 0.3) is 17.2 Å². The van der Waals surface area contributed by atoms with Crippen LogP contribution in [-0.4, -0.2) is 19.9 Å². The zero-order valence-electron chi connectivity index (χ0n) is 14.6. The number of hydrogen-bond donors (Lipinski definition) is 0. The third-order valence-electron chi connectivity index (χ3n) is 4.45. The standard InChI is InChI=1S/C18H27NO2Si/c1-14(11-12-20-22(5,6)18(2,3)4)13-17-19-15-9-7-8-10-16(15)21-17/h7-10,13H,11-12H2,1-6H3/b14-13+. The van der Waals surface area contributed by atoms with E-state index < -0.39 is 8.32 Å². The van der Waals surface area contributed by atoms with Gasteiger partial charge >= 0.3 is 0 Å². The third kappa shape index (κ3) is 4.08. The van der Waals surface area contributed by atoms with Crippen molar-refractivity contribution in [3.63, 3.8) is 0 Å². The maximum absolute atomic E-state index is 6.21. The zero-order chi connectivity index (χ0) is 16.4. The number of rotatable bonds is 5. The molecule has 0 bridgehead atoms. The lowest BCUT2D eigenvalue weighted by atomic mass is 10.2. The van der Waals surface area contributed by atoms with Gasteiger partial charge in [0.05, 0.1) is 0 Å². The van der Waals surface area contributed by atoms with E-state index in [2.05, 4.69) is 45.8 Å². The van der Waals surface area contributed by atoms with E-state index in [-0.39, 0.29) is 5.04 Å². The Morgan fingerprint density at radius 2 is 1.95 bits per heavy atom. The lowest BCUT2D eigenvalue weighted by Gasteiger charge is -2.36. The molecule has 120 valence electrons. The van der Waals surface area contributed by atoms with Gasteiger partial charge in [-0.2, -0.15) is 0 Å². The predicted molar refractivity (Wildman–Crippen MR) is 95.4 cm³/mol. The number of nitrogens with zero attached hydrogens (tertiary/aromatic N) is 1. The molecule has 0 atom stereocenters. The van der Waals surface area contributed by atoms with Crippen LogP contribution in [0, 0.1) is 0 Å². The smallest absolute Gasteiger partial charge is 0.219 e. The van der Waals surface area contributed by atoms with Crippen molar-refractivity contribution in [2.75, 3.05) is 6.61 Å². The molecule has 0 aliphatic carbocycles. The summed E-state index contributed by atoms with van der Waals surface area (Å²) in [6.07, 6.45) is 2.92. The first-order valence-corrected chi connectivity index (χ1v) is 10.8. The highest BCUT2D eigenvalue weighted by Gasteiger charge is 2.36. The fraction of sp³-hybridized carbons (Fsp3) is 0.500.